The normalized spacial score (nSPS) is 19.5. The second kappa shape index (κ2) is 7.10. The Balaban J connectivity index is 1.45. The quantitative estimate of drug-likeness (QED) is 0.348. The number of nitrogens with zero attached hydrogens (tertiary/aromatic N) is 2. The van der Waals surface area contributed by atoms with E-state index in [2.05, 4.69) is 30.3 Å². The van der Waals surface area contributed by atoms with Crippen molar-refractivity contribution in [3.05, 3.63) is 112 Å². The van der Waals surface area contributed by atoms with Crippen molar-refractivity contribution in [2.24, 2.45) is 5.10 Å². The molecule has 0 saturated heterocycles. The highest BCUT2D eigenvalue weighted by molar-refractivity contribution is 6.30. The zero-order chi connectivity index (χ0) is 20.9. The Kier molecular flexibility index (Phi) is 4.22. The predicted octanol–water partition coefficient (Wildman–Crippen LogP) is 6.87. The third-order valence-electron chi connectivity index (χ3n) is 5.99. The van der Waals surface area contributed by atoms with Crippen LogP contribution in [0.2, 0.25) is 5.02 Å². The number of halogens is 2. The Labute approximate surface area is 184 Å². The Hall–Kier alpha value is -3.37. The van der Waals surface area contributed by atoms with Gasteiger partial charge in [0.25, 0.3) is 0 Å². The monoisotopic (exact) mass is 428 g/mol. The summed E-state index contributed by atoms with van der Waals surface area (Å²) in [6, 6.07) is 26.8. The van der Waals surface area contributed by atoms with Crippen LogP contribution in [0.15, 0.2) is 90.0 Å². The van der Waals surface area contributed by atoms with Crippen LogP contribution in [0.1, 0.15) is 35.4 Å². The Bertz CT molecular complexity index is 1340. The molecule has 0 N–H and O–H groups in total. The lowest BCUT2D eigenvalue weighted by Gasteiger charge is -2.38. The van der Waals surface area contributed by atoms with Gasteiger partial charge in [-0.2, -0.15) is 5.10 Å². The molecule has 4 aromatic rings. The predicted molar refractivity (Wildman–Crippen MR) is 121 cm³/mol. The molecule has 6 rings (SSSR count). The molecule has 0 spiro atoms. The van der Waals surface area contributed by atoms with Gasteiger partial charge in [0.05, 0.1) is 11.8 Å². The van der Waals surface area contributed by atoms with Crippen LogP contribution in [0.4, 0.5) is 4.39 Å². The van der Waals surface area contributed by atoms with Gasteiger partial charge in [0.15, 0.2) is 0 Å². The van der Waals surface area contributed by atoms with E-state index in [1.165, 1.54) is 22.9 Å². The maximum atomic E-state index is 13.5. The first kappa shape index (κ1) is 18.4. The molecule has 0 amide bonds. The minimum atomic E-state index is -0.433. The highest BCUT2D eigenvalue weighted by Crippen LogP contribution is 2.48. The van der Waals surface area contributed by atoms with Crippen LogP contribution < -0.4 is 4.74 Å². The molecule has 5 heteroatoms. The molecular formula is C26H18ClFN2O. The highest BCUT2D eigenvalue weighted by atomic mass is 35.5. The molecule has 152 valence electrons. The lowest BCUT2D eigenvalue weighted by atomic mass is 9.95. The third kappa shape index (κ3) is 3.15. The van der Waals surface area contributed by atoms with Gasteiger partial charge in [0.2, 0.25) is 6.23 Å². The van der Waals surface area contributed by atoms with Crippen LogP contribution in [0, 0.1) is 5.82 Å². The van der Waals surface area contributed by atoms with Crippen molar-refractivity contribution in [2.45, 2.75) is 18.7 Å². The molecule has 2 heterocycles. The minimum Gasteiger partial charge on any atom is -0.464 e. The molecule has 2 aliphatic rings. The van der Waals surface area contributed by atoms with Crippen LogP contribution in [-0.4, -0.2) is 10.7 Å². The van der Waals surface area contributed by atoms with E-state index in [0.717, 1.165) is 34.6 Å². The molecule has 0 bridgehead atoms. The first-order chi connectivity index (χ1) is 15.2. The molecule has 0 aliphatic carbocycles. The van der Waals surface area contributed by atoms with Gasteiger partial charge in [-0.3, -0.25) is 0 Å². The molecule has 0 saturated carbocycles. The minimum absolute atomic E-state index is 0.000951. The van der Waals surface area contributed by atoms with E-state index in [-0.39, 0.29) is 11.9 Å². The van der Waals surface area contributed by atoms with Crippen molar-refractivity contribution >= 4 is 28.1 Å². The van der Waals surface area contributed by atoms with Gasteiger partial charge in [0.1, 0.15) is 11.6 Å². The smallest absolute Gasteiger partial charge is 0.213 e. The van der Waals surface area contributed by atoms with Gasteiger partial charge < -0.3 is 4.74 Å². The Morgan fingerprint density at radius 1 is 0.903 bits per heavy atom. The molecule has 3 nitrogen and oxygen atoms in total. The SMILES string of the molecule is Fc1ccc([C@H]2Oc3ccc(Cl)cc3[C@H]3CC(c4ccc5ccccc5c4)=NN32)cc1. The van der Waals surface area contributed by atoms with Crippen molar-refractivity contribution in [2.75, 3.05) is 0 Å². The van der Waals surface area contributed by atoms with Crippen molar-refractivity contribution in [1.29, 1.82) is 0 Å². The summed E-state index contributed by atoms with van der Waals surface area (Å²) in [4.78, 5) is 0. The Morgan fingerprint density at radius 2 is 1.71 bits per heavy atom. The van der Waals surface area contributed by atoms with Crippen LogP contribution >= 0.6 is 11.6 Å². The van der Waals surface area contributed by atoms with Gasteiger partial charge in [-0.15, -0.1) is 0 Å². The van der Waals surface area contributed by atoms with E-state index in [9.17, 15) is 4.39 Å². The van der Waals surface area contributed by atoms with Crippen molar-refractivity contribution in [1.82, 2.24) is 5.01 Å². The maximum absolute atomic E-state index is 13.5. The average Bonchev–Trinajstić information content (AvgIpc) is 3.25. The molecule has 4 aromatic carbocycles. The van der Waals surface area contributed by atoms with Gasteiger partial charge in [-0.1, -0.05) is 60.1 Å². The van der Waals surface area contributed by atoms with E-state index < -0.39 is 6.23 Å². The van der Waals surface area contributed by atoms with Crippen molar-refractivity contribution in [3.8, 4) is 5.75 Å². The van der Waals surface area contributed by atoms with Crippen LogP contribution in [0.25, 0.3) is 10.8 Å². The number of fused-ring (bicyclic) bond motifs is 4. The summed E-state index contributed by atoms with van der Waals surface area (Å²) in [6.07, 6.45) is 0.310. The van der Waals surface area contributed by atoms with E-state index in [1.807, 2.05) is 35.3 Å². The number of hydrazone groups is 1. The van der Waals surface area contributed by atoms with Crippen LogP contribution in [0.3, 0.4) is 0 Å². The zero-order valence-corrected chi connectivity index (χ0v) is 17.3. The fourth-order valence-corrected chi connectivity index (χ4v) is 4.63. The molecule has 2 atom stereocenters. The fourth-order valence-electron chi connectivity index (χ4n) is 4.45. The van der Waals surface area contributed by atoms with E-state index >= 15 is 0 Å². The van der Waals surface area contributed by atoms with Gasteiger partial charge in [-0.25, -0.2) is 9.40 Å². The number of benzene rings is 4. The topological polar surface area (TPSA) is 24.8 Å². The lowest BCUT2D eigenvalue weighted by molar-refractivity contribution is -0.0190. The molecule has 0 aromatic heterocycles. The molecule has 0 unspecified atom stereocenters. The number of hydrogen-bond donors (Lipinski definition) is 0. The highest BCUT2D eigenvalue weighted by Gasteiger charge is 2.41. The van der Waals surface area contributed by atoms with Crippen molar-refractivity contribution < 1.29 is 9.13 Å². The number of rotatable bonds is 2. The van der Waals surface area contributed by atoms with Gasteiger partial charge in [0, 0.05) is 22.6 Å². The fraction of sp³-hybridized carbons (Fsp3) is 0.115. The summed E-state index contributed by atoms with van der Waals surface area (Å²) >= 11 is 6.30. The van der Waals surface area contributed by atoms with E-state index in [0.29, 0.717) is 5.02 Å². The molecular weight excluding hydrogens is 411 g/mol. The largest absolute Gasteiger partial charge is 0.464 e. The zero-order valence-electron chi connectivity index (χ0n) is 16.5. The summed E-state index contributed by atoms with van der Waals surface area (Å²) in [5, 5.41) is 10.0. The summed E-state index contributed by atoms with van der Waals surface area (Å²) in [5.74, 6) is 0.514. The number of ether oxygens (including phenoxy) is 1. The second-order valence-electron chi connectivity index (χ2n) is 7.91. The number of hydrogen-bond acceptors (Lipinski definition) is 3. The average molecular weight is 429 g/mol. The molecule has 0 radical (unpaired) electrons. The molecule has 0 fully saturated rings. The third-order valence-corrected chi connectivity index (χ3v) is 6.22. The first-order valence-corrected chi connectivity index (χ1v) is 10.6. The van der Waals surface area contributed by atoms with Gasteiger partial charge in [-0.05, 0) is 52.7 Å². The van der Waals surface area contributed by atoms with Gasteiger partial charge >= 0.3 is 0 Å². The standard InChI is InChI=1S/C26H18ClFN2O/c27-20-9-12-25-22(14-20)24-15-23(19-6-5-16-3-1-2-4-18(16)13-19)29-30(24)26(31-25)17-7-10-21(28)11-8-17/h1-14,24,26H,15H2/t24-,26-/m1/s1. The lowest BCUT2D eigenvalue weighted by Crippen LogP contribution is -2.33. The first-order valence-electron chi connectivity index (χ1n) is 10.2. The summed E-state index contributed by atoms with van der Waals surface area (Å²) in [5.41, 5.74) is 3.97. The molecule has 31 heavy (non-hydrogen) atoms. The van der Waals surface area contributed by atoms with Crippen molar-refractivity contribution in [3.63, 3.8) is 0 Å². The Morgan fingerprint density at radius 3 is 2.55 bits per heavy atom. The second-order valence-corrected chi connectivity index (χ2v) is 8.35. The van der Waals surface area contributed by atoms with E-state index in [4.69, 9.17) is 21.4 Å². The summed E-state index contributed by atoms with van der Waals surface area (Å²) < 4.78 is 19.8. The van der Waals surface area contributed by atoms with Crippen LogP contribution in [0.5, 0.6) is 5.75 Å². The summed E-state index contributed by atoms with van der Waals surface area (Å²) in [6.45, 7) is 0. The molecule has 2 aliphatic heterocycles. The van der Waals surface area contributed by atoms with E-state index in [1.54, 1.807) is 12.1 Å². The maximum Gasteiger partial charge on any atom is 0.213 e. The summed E-state index contributed by atoms with van der Waals surface area (Å²) in [7, 11) is 0. The van der Waals surface area contributed by atoms with Crippen LogP contribution in [-0.2, 0) is 0 Å².